The first-order valence-corrected chi connectivity index (χ1v) is 11.1. The Kier molecular flexibility index (Phi) is 4.15. The molecule has 1 unspecified atom stereocenters. The van der Waals surface area contributed by atoms with Gasteiger partial charge in [-0.25, -0.2) is 0 Å². The van der Waals surface area contributed by atoms with Crippen LogP contribution >= 0.6 is 11.3 Å². The molecule has 0 N–H and O–H groups in total. The molecule has 6 rings (SSSR count). The van der Waals surface area contributed by atoms with E-state index in [2.05, 4.69) is 88.2 Å². The number of likely N-dealkylation sites (N-methyl/N-ethyl adjacent to an activating group) is 1. The lowest BCUT2D eigenvalue weighted by atomic mass is 9.83. The molecule has 5 aromatic rings. The van der Waals surface area contributed by atoms with E-state index in [9.17, 15) is 0 Å². The first kappa shape index (κ1) is 17.8. The third-order valence-electron chi connectivity index (χ3n) is 6.18. The minimum Gasteiger partial charge on any atom is -0.301 e. The molecule has 30 heavy (non-hydrogen) atoms. The average Bonchev–Trinajstić information content (AvgIpc) is 3.25. The number of hydrogen-bond acceptors (Lipinski definition) is 4. The molecule has 0 radical (unpaired) electrons. The molecule has 0 aliphatic carbocycles. The summed E-state index contributed by atoms with van der Waals surface area (Å²) in [7, 11) is 2.21. The SMILES string of the molecule is CN1Cc2cc(-c3nncc4ccccc34)ccc2C(c2ccc3sccc3c2)C1. The Hall–Kier alpha value is -3.08. The van der Waals surface area contributed by atoms with Crippen LogP contribution in [-0.4, -0.2) is 28.7 Å². The van der Waals surface area contributed by atoms with Crippen molar-refractivity contribution in [1.82, 2.24) is 15.1 Å². The first-order valence-electron chi connectivity index (χ1n) is 10.3. The maximum Gasteiger partial charge on any atom is 0.101 e. The first-order chi connectivity index (χ1) is 14.8. The van der Waals surface area contributed by atoms with E-state index < -0.39 is 0 Å². The van der Waals surface area contributed by atoms with Gasteiger partial charge in [-0.05, 0) is 58.8 Å². The van der Waals surface area contributed by atoms with Gasteiger partial charge in [-0.15, -0.1) is 16.4 Å². The van der Waals surface area contributed by atoms with Crippen LogP contribution in [0, 0.1) is 0 Å². The van der Waals surface area contributed by atoms with Crippen molar-refractivity contribution in [3.8, 4) is 11.3 Å². The molecule has 146 valence electrons. The Balaban J connectivity index is 1.47. The Labute approximate surface area is 179 Å². The summed E-state index contributed by atoms with van der Waals surface area (Å²) in [6, 6.07) is 24.3. The van der Waals surface area contributed by atoms with E-state index in [1.54, 1.807) is 11.3 Å². The predicted octanol–water partition coefficient (Wildman–Crippen LogP) is 6.09. The molecule has 1 atom stereocenters. The van der Waals surface area contributed by atoms with Crippen LogP contribution in [0.25, 0.3) is 32.1 Å². The number of rotatable bonds is 2. The van der Waals surface area contributed by atoms with Gasteiger partial charge >= 0.3 is 0 Å². The Morgan fingerprint density at radius 2 is 1.90 bits per heavy atom. The number of aromatic nitrogens is 2. The van der Waals surface area contributed by atoms with Crippen LogP contribution in [0.1, 0.15) is 22.6 Å². The number of thiophene rings is 1. The largest absolute Gasteiger partial charge is 0.301 e. The van der Waals surface area contributed by atoms with Gasteiger partial charge in [0.05, 0.1) is 6.20 Å². The van der Waals surface area contributed by atoms with E-state index in [4.69, 9.17) is 0 Å². The van der Waals surface area contributed by atoms with Crippen LogP contribution in [0.4, 0.5) is 0 Å². The lowest BCUT2D eigenvalue weighted by Crippen LogP contribution is -2.31. The monoisotopic (exact) mass is 407 g/mol. The summed E-state index contributed by atoms with van der Waals surface area (Å²) in [5.41, 5.74) is 6.30. The molecule has 4 heteroatoms. The molecule has 0 bridgehead atoms. The highest BCUT2D eigenvalue weighted by Gasteiger charge is 2.25. The number of nitrogens with zero attached hydrogens (tertiary/aromatic N) is 3. The highest BCUT2D eigenvalue weighted by molar-refractivity contribution is 7.17. The minimum atomic E-state index is 0.385. The summed E-state index contributed by atoms with van der Waals surface area (Å²) >= 11 is 1.81. The van der Waals surface area contributed by atoms with Gasteiger partial charge in [0.25, 0.3) is 0 Å². The Morgan fingerprint density at radius 1 is 0.967 bits per heavy atom. The molecular formula is C26H21N3S. The molecule has 0 amide bonds. The summed E-state index contributed by atoms with van der Waals surface area (Å²) in [5, 5.41) is 14.5. The van der Waals surface area contributed by atoms with Gasteiger partial charge in [0.2, 0.25) is 0 Å². The maximum atomic E-state index is 4.49. The third kappa shape index (κ3) is 2.92. The highest BCUT2D eigenvalue weighted by Crippen LogP contribution is 2.37. The molecule has 0 saturated carbocycles. The minimum absolute atomic E-state index is 0.385. The molecular weight excluding hydrogens is 386 g/mol. The summed E-state index contributed by atoms with van der Waals surface area (Å²) < 4.78 is 1.35. The smallest absolute Gasteiger partial charge is 0.101 e. The Morgan fingerprint density at radius 3 is 2.87 bits per heavy atom. The van der Waals surface area contributed by atoms with Crippen LogP contribution in [0.2, 0.25) is 0 Å². The van der Waals surface area contributed by atoms with Crippen LogP contribution in [0.5, 0.6) is 0 Å². The zero-order chi connectivity index (χ0) is 20.1. The second-order valence-corrected chi connectivity index (χ2v) is 9.11. The van der Waals surface area contributed by atoms with E-state index in [1.807, 2.05) is 12.3 Å². The number of benzene rings is 3. The van der Waals surface area contributed by atoms with Gasteiger partial charge < -0.3 is 4.90 Å². The molecule has 2 aromatic heterocycles. The van der Waals surface area contributed by atoms with Crippen LogP contribution in [0.3, 0.4) is 0 Å². The van der Waals surface area contributed by atoms with E-state index in [-0.39, 0.29) is 0 Å². The lowest BCUT2D eigenvalue weighted by Gasteiger charge is -2.33. The zero-order valence-corrected chi connectivity index (χ0v) is 17.6. The number of hydrogen-bond donors (Lipinski definition) is 0. The zero-order valence-electron chi connectivity index (χ0n) is 16.7. The van der Waals surface area contributed by atoms with Gasteiger partial charge in [0.1, 0.15) is 5.69 Å². The van der Waals surface area contributed by atoms with Crippen LogP contribution < -0.4 is 0 Å². The summed E-state index contributed by atoms with van der Waals surface area (Å²) in [5.74, 6) is 0.385. The fourth-order valence-corrected chi connectivity index (χ4v) is 5.49. The van der Waals surface area contributed by atoms with Gasteiger partial charge in [0.15, 0.2) is 0 Å². The second kappa shape index (κ2) is 7.01. The van der Waals surface area contributed by atoms with Crippen LogP contribution in [-0.2, 0) is 6.54 Å². The molecule has 3 aromatic carbocycles. The van der Waals surface area contributed by atoms with Gasteiger partial charge in [-0.1, -0.05) is 42.5 Å². The van der Waals surface area contributed by atoms with Crippen molar-refractivity contribution in [2.45, 2.75) is 12.5 Å². The Bertz CT molecular complexity index is 1380. The molecule has 3 nitrogen and oxygen atoms in total. The molecule has 0 fully saturated rings. The second-order valence-electron chi connectivity index (χ2n) is 8.16. The topological polar surface area (TPSA) is 29.0 Å². The maximum absolute atomic E-state index is 4.49. The molecule has 1 aliphatic heterocycles. The van der Waals surface area contributed by atoms with Gasteiger partial charge in [-0.3, -0.25) is 0 Å². The highest BCUT2D eigenvalue weighted by atomic mass is 32.1. The van der Waals surface area contributed by atoms with Crippen molar-refractivity contribution in [3.63, 3.8) is 0 Å². The average molecular weight is 408 g/mol. The van der Waals surface area contributed by atoms with Crippen molar-refractivity contribution in [2.24, 2.45) is 0 Å². The fourth-order valence-electron chi connectivity index (χ4n) is 4.72. The van der Waals surface area contributed by atoms with Crippen molar-refractivity contribution >= 4 is 32.2 Å². The van der Waals surface area contributed by atoms with Gasteiger partial charge in [0, 0.05) is 40.0 Å². The van der Waals surface area contributed by atoms with E-state index in [0.717, 1.165) is 35.1 Å². The summed E-state index contributed by atoms with van der Waals surface area (Å²) in [4.78, 5) is 2.42. The lowest BCUT2D eigenvalue weighted by molar-refractivity contribution is 0.295. The van der Waals surface area contributed by atoms with Crippen molar-refractivity contribution in [1.29, 1.82) is 0 Å². The molecule has 0 spiro atoms. The van der Waals surface area contributed by atoms with Crippen molar-refractivity contribution in [2.75, 3.05) is 13.6 Å². The van der Waals surface area contributed by atoms with Crippen LogP contribution in [0.15, 0.2) is 78.3 Å². The molecule has 3 heterocycles. The van der Waals surface area contributed by atoms with Gasteiger partial charge in [-0.2, -0.15) is 5.10 Å². The van der Waals surface area contributed by atoms with Crippen molar-refractivity contribution in [3.05, 3.63) is 95.0 Å². The molecule has 0 saturated heterocycles. The fraction of sp³-hybridized carbons (Fsp3) is 0.154. The number of fused-ring (bicyclic) bond motifs is 3. The standard InChI is InChI=1S/C26H21N3S/c1-29-15-21-13-19(26-23-5-3-2-4-20(23)14-27-28-26)6-8-22(21)24(16-29)17-7-9-25-18(12-17)10-11-30-25/h2-14,24H,15-16H2,1H3. The predicted molar refractivity (Wildman–Crippen MR) is 125 cm³/mol. The van der Waals surface area contributed by atoms with E-state index in [1.165, 1.54) is 26.8 Å². The third-order valence-corrected chi connectivity index (χ3v) is 7.07. The van der Waals surface area contributed by atoms with E-state index >= 15 is 0 Å². The summed E-state index contributed by atoms with van der Waals surface area (Å²) in [6.45, 7) is 1.99. The van der Waals surface area contributed by atoms with E-state index in [0.29, 0.717) is 5.92 Å². The van der Waals surface area contributed by atoms with Crippen molar-refractivity contribution < 1.29 is 0 Å². The normalized spacial score (nSPS) is 16.8. The quantitative estimate of drug-likeness (QED) is 0.355. The molecule has 1 aliphatic rings. The summed E-state index contributed by atoms with van der Waals surface area (Å²) in [6.07, 6.45) is 1.83.